The highest BCUT2D eigenvalue weighted by Gasteiger charge is 2.21. The van der Waals surface area contributed by atoms with Crippen LogP contribution in [0.5, 0.6) is 0 Å². The maximum atomic E-state index is 13.5. The minimum atomic E-state index is -0.0914. The molecule has 3 aromatic carbocycles. The van der Waals surface area contributed by atoms with E-state index in [0.717, 1.165) is 91.9 Å². The predicted molar refractivity (Wildman–Crippen MR) is 181 cm³/mol. The number of nitrogens with two attached hydrogens (primary N) is 1. The van der Waals surface area contributed by atoms with Crippen molar-refractivity contribution in [1.29, 1.82) is 5.26 Å². The highest BCUT2D eigenvalue weighted by atomic mass is 16.1. The van der Waals surface area contributed by atoms with Crippen LogP contribution in [0.25, 0.3) is 10.9 Å². The van der Waals surface area contributed by atoms with Crippen LogP contribution >= 0.6 is 0 Å². The molecular formula is C36H41BN6O. The topological polar surface area (TPSA) is 98.3 Å². The number of pyridine rings is 1. The van der Waals surface area contributed by atoms with E-state index in [1.54, 1.807) is 0 Å². The lowest BCUT2D eigenvalue weighted by Gasteiger charge is -2.36. The molecule has 0 saturated carbocycles. The standard InChI is InChI=1S/C35H41N5O.CBN/c1-2-3-8-25-13-16-28(17-14-25)40-21-19-39(20-22-40)24-26-9-4-5-10-29(26)35(41)37-27-15-18-33-31(23-27)34(36)30-11-6-7-12-32(30)38-33;2-1-3/h4-5,9-10,13-18,23H,2-3,6-8,11-12,19-22,24H2,1H3,(H2,36,38)(H,37,41);. The van der Waals surface area contributed by atoms with Crippen LogP contribution in [0.3, 0.4) is 0 Å². The van der Waals surface area contributed by atoms with E-state index in [1.165, 1.54) is 42.0 Å². The average molecular weight is 585 g/mol. The van der Waals surface area contributed by atoms with Crippen LogP contribution in [0.4, 0.5) is 17.1 Å². The Hall–Kier alpha value is -4.35. The molecule has 3 N–H and O–H groups in total. The third kappa shape index (κ3) is 7.41. The van der Waals surface area contributed by atoms with Crippen LogP contribution < -0.4 is 16.0 Å². The Kier molecular flexibility index (Phi) is 10.5. The highest BCUT2D eigenvalue weighted by molar-refractivity contribution is 6.20. The number of carbonyl (C=O) groups is 1. The van der Waals surface area contributed by atoms with Gasteiger partial charge in [0, 0.05) is 66.4 Å². The zero-order valence-corrected chi connectivity index (χ0v) is 25.7. The van der Waals surface area contributed by atoms with Crippen molar-refractivity contribution in [3.63, 3.8) is 0 Å². The molecule has 6 rings (SSSR count). The molecule has 1 fully saturated rings. The van der Waals surface area contributed by atoms with Crippen molar-refractivity contribution >= 4 is 41.7 Å². The number of hydrogen-bond donors (Lipinski definition) is 2. The second-order valence-electron chi connectivity index (χ2n) is 11.7. The third-order valence-corrected chi connectivity index (χ3v) is 8.71. The third-order valence-electron chi connectivity index (χ3n) is 8.71. The molecule has 2 aliphatic rings. The number of benzene rings is 3. The summed E-state index contributed by atoms with van der Waals surface area (Å²) in [7, 11) is 4.15. The molecule has 2 heterocycles. The van der Waals surface area contributed by atoms with Gasteiger partial charge in [-0.1, -0.05) is 43.7 Å². The van der Waals surface area contributed by atoms with E-state index in [4.69, 9.17) is 16.0 Å². The van der Waals surface area contributed by atoms with Crippen molar-refractivity contribution in [3.05, 3.63) is 94.7 Å². The summed E-state index contributed by atoms with van der Waals surface area (Å²) < 4.78 is 0. The minimum Gasteiger partial charge on any atom is -0.398 e. The van der Waals surface area contributed by atoms with Crippen LogP contribution in [0.2, 0.25) is 0 Å². The van der Waals surface area contributed by atoms with E-state index in [-0.39, 0.29) is 5.91 Å². The summed E-state index contributed by atoms with van der Waals surface area (Å²) in [6.45, 7) is 6.90. The Morgan fingerprint density at radius 3 is 2.50 bits per heavy atom. The summed E-state index contributed by atoms with van der Waals surface area (Å²) in [5, 5.41) is 11.2. The molecule has 2 radical (unpaired) electrons. The zero-order valence-electron chi connectivity index (χ0n) is 25.7. The number of nitrogens with one attached hydrogen (secondary N) is 1. The first kappa shape index (κ1) is 31.1. The summed E-state index contributed by atoms with van der Waals surface area (Å²) in [4.78, 5) is 23.3. The molecule has 4 aromatic rings. The Balaban J connectivity index is 0.00000123. The molecule has 1 amide bonds. The quantitative estimate of drug-likeness (QED) is 0.238. The Bertz CT molecular complexity index is 1620. The van der Waals surface area contributed by atoms with Crippen molar-refractivity contribution in [3.8, 4) is 5.97 Å². The lowest BCUT2D eigenvalue weighted by molar-refractivity contribution is 0.102. The number of aryl methyl sites for hydroxylation is 2. The van der Waals surface area contributed by atoms with E-state index in [0.29, 0.717) is 5.56 Å². The van der Waals surface area contributed by atoms with Gasteiger partial charge < -0.3 is 16.0 Å². The lowest BCUT2D eigenvalue weighted by atomic mass is 9.93. The number of anilines is 3. The number of nitrogen functional groups attached to an aromatic ring is 1. The van der Waals surface area contributed by atoms with Gasteiger partial charge in [-0.25, -0.2) is 5.26 Å². The number of fused-ring (bicyclic) bond motifs is 2. The number of unbranched alkanes of at least 4 members (excludes halogenated alkanes) is 1. The molecule has 44 heavy (non-hydrogen) atoms. The van der Waals surface area contributed by atoms with Gasteiger partial charge in [-0.3, -0.25) is 14.7 Å². The highest BCUT2D eigenvalue weighted by Crippen LogP contribution is 2.32. The first-order valence-corrected chi connectivity index (χ1v) is 15.8. The van der Waals surface area contributed by atoms with Crippen molar-refractivity contribution in [2.24, 2.45) is 0 Å². The number of nitrogens with zero attached hydrogens (tertiary/aromatic N) is 4. The second kappa shape index (κ2) is 14.9. The normalized spacial score (nSPS) is 14.7. The summed E-state index contributed by atoms with van der Waals surface area (Å²) in [6, 6.07) is 22.9. The van der Waals surface area contributed by atoms with Crippen molar-refractivity contribution < 1.29 is 4.79 Å². The maximum Gasteiger partial charge on any atom is 0.255 e. The van der Waals surface area contributed by atoms with Gasteiger partial charge >= 0.3 is 0 Å². The molecule has 0 unspecified atom stereocenters. The fourth-order valence-corrected chi connectivity index (χ4v) is 6.28. The molecule has 8 heteroatoms. The van der Waals surface area contributed by atoms with Crippen LogP contribution in [-0.4, -0.2) is 49.8 Å². The fraction of sp³-hybridized carbons (Fsp3) is 0.361. The Morgan fingerprint density at radius 1 is 1.02 bits per heavy atom. The van der Waals surface area contributed by atoms with Gasteiger partial charge in [-0.15, -0.1) is 0 Å². The molecule has 224 valence electrons. The van der Waals surface area contributed by atoms with Gasteiger partial charge in [0.2, 0.25) is 7.85 Å². The van der Waals surface area contributed by atoms with Gasteiger partial charge in [-0.2, -0.15) is 0 Å². The first-order valence-electron chi connectivity index (χ1n) is 15.8. The minimum absolute atomic E-state index is 0.0914. The molecule has 0 spiro atoms. The number of amides is 1. The summed E-state index contributed by atoms with van der Waals surface area (Å²) >= 11 is 0. The largest absolute Gasteiger partial charge is 0.398 e. The number of aromatic nitrogens is 1. The van der Waals surface area contributed by atoms with Crippen molar-refractivity contribution in [1.82, 2.24) is 9.88 Å². The molecule has 0 bridgehead atoms. The van der Waals surface area contributed by atoms with Crippen LogP contribution in [0.15, 0.2) is 66.7 Å². The Labute approximate surface area is 262 Å². The van der Waals surface area contributed by atoms with Gasteiger partial charge in [-0.05, 0) is 97.6 Å². The Morgan fingerprint density at radius 2 is 1.75 bits per heavy atom. The molecule has 1 aromatic heterocycles. The number of piperazine rings is 1. The maximum absolute atomic E-state index is 13.5. The molecule has 1 aliphatic carbocycles. The lowest BCUT2D eigenvalue weighted by Crippen LogP contribution is -2.46. The molecule has 7 nitrogen and oxygen atoms in total. The van der Waals surface area contributed by atoms with E-state index < -0.39 is 0 Å². The summed E-state index contributed by atoms with van der Waals surface area (Å²) in [6.07, 6.45) is 7.92. The molecular weight excluding hydrogens is 543 g/mol. The second-order valence-corrected chi connectivity index (χ2v) is 11.7. The van der Waals surface area contributed by atoms with E-state index in [1.807, 2.05) is 36.4 Å². The summed E-state index contributed by atoms with van der Waals surface area (Å²) in [5.74, 6) is 1.16. The SMILES string of the molecule is CCCCc1ccc(N2CCN(Cc3ccccc3C(=O)Nc3ccc4nc5c(c(N)c4c3)CCCC5)CC2)cc1.[B]C#N. The average Bonchev–Trinajstić information content (AvgIpc) is 3.05. The van der Waals surface area contributed by atoms with Crippen LogP contribution in [0.1, 0.15) is 65.3 Å². The monoisotopic (exact) mass is 584 g/mol. The van der Waals surface area contributed by atoms with Crippen molar-refractivity contribution in [2.75, 3.05) is 42.1 Å². The predicted octanol–water partition coefficient (Wildman–Crippen LogP) is 6.25. The van der Waals surface area contributed by atoms with E-state index in [9.17, 15) is 4.79 Å². The smallest absolute Gasteiger partial charge is 0.255 e. The van der Waals surface area contributed by atoms with Crippen LogP contribution in [-0.2, 0) is 25.8 Å². The van der Waals surface area contributed by atoms with E-state index in [2.05, 4.69) is 60.2 Å². The number of nitriles is 1. The fourth-order valence-electron chi connectivity index (χ4n) is 6.28. The number of carbonyl (C=O) groups excluding carboxylic acids is 1. The van der Waals surface area contributed by atoms with Gasteiger partial charge in [0.1, 0.15) is 0 Å². The van der Waals surface area contributed by atoms with Gasteiger partial charge in [0.05, 0.1) is 5.52 Å². The van der Waals surface area contributed by atoms with Gasteiger partial charge in [0.25, 0.3) is 5.91 Å². The first-order chi connectivity index (χ1) is 21.5. The number of rotatable bonds is 8. The van der Waals surface area contributed by atoms with Crippen molar-refractivity contribution in [2.45, 2.75) is 58.4 Å². The summed E-state index contributed by atoms with van der Waals surface area (Å²) in [5.41, 5.74) is 15.9. The molecule has 0 atom stereocenters. The van der Waals surface area contributed by atoms with Gasteiger partial charge in [0.15, 0.2) is 0 Å². The van der Waals surface area contributed by atoms with E-state index >= 15 is 0 Å². The zero-order chi connectivity index (χ0) is 30.9. The van der Waals surface area contributed by atoms with Crippen LogP contribution in [0, 0.1) is 11.2 Å². The molecule has 1 saturated heterocycles. The number of hydrogen-bond acceptors (Lipinski definition) is 6. The molecule has 1 aliphatic heterocycles.